The van der Waals surface area contributed by atoms with Gasteiger partial charge in [-0.2, -0.15) is 0 Å². The lowest BCUT2D eigenvalue weighted by molar-refractivity contribution is 0.150. The average Bonchev–Trinajstić information content (AvgIpc) is 2.39. The Balaban J connectivity index is 3.38. The average molecular weight is 339 g/mol. The molecular formula is C21H35ClO. The summed E-state index contributed by atoms with van der Waals surface area (Å²) >= 11 is 6.70. The fourth-order valence-electron chi connectivity index (χ4n) is 3.20. The van der Waals surface area contributed by atoms with Gasteiger partial charge in [-0.15, -0.1) is 11.6 Å². The van der Waals surface area contributed by atoms with E-state index < -0.39 is 0 Å². The van der Waals surface area contributed by atoms with Gasteiger partial charge in [-0.25, -0.2) is 0 Å². The van der Waals surface area contributed by atoms with Crippen molar-refractivity contribution in [1.29, 1.82) is 0 Å². The minimum atomic E-state index is -0.344. The van der Waals surface area contributed by atoms with E-state index in [0.29, 0.717) is 11.8 Å². The minimum absolute atomic E-state index is 0.344. The first-order valence-electron chi connectivity index (χ1n) is 9.07. The molecule has 2 heteroatoms. The first-order chi connectivity index (χ1) is 10.7. The van der Waals surface area contributed by atoms with Gasteiger partial charge in [0, 0.05) is 6.61 Å². The van der Waals surface area contributed by atoms with Crippen LogP contribution in [0.5, 0.6) is 0 Å². The third kappa shape index (κ3) is 6.47. The van der Waals surface area contributed by atoms with Crippen LogP contribution < -0.4 is 0 Å². The van der Waals surface area contributed by atoms with Gasteiger partial charge in [-0.3, -0.25) is 0 Å². The zero-order valence-electron chi connectivity index (χ0n) is 16.1. The molecule has 1 rings (SSSR count). The first kappa shape index (κ1) is 20.5. The van der Waals surface area contributed by atoms with Crippen molar-refractivity contribution >= 4 is 11.6 Å². The van der Waals surface area contributed by atoms with E-state index in [1.54, 1.807) is 0 Å². The zero-order valence-corrected chi connectivity index (χ0v) is 16.9. The summed E-state index contributed by atoms with van der Waals surface area (Å²) in [6.07, 6.45) is 3.20. The van der Waals surface area contributed by atoms with Crippen molar-refractivity contribution < 1.29 is 4.74 Å². The van der Waals surface area contributed by atoms with E-state index in [0.717, 1.165) is 32.5 Å². The monoisotopic (exact) mass is 338 g/mol. The molecule has 0 radical (unpaired) electrons. The van der Waals surface area contributed by atoms with Gasteiger partial charge in [-0.1, -0.05) is 39.8 Å². The molecule has 0 aliphatic heterocycles. The van der Waals surface area contributed by atoms with E-state index in [9.17, 15) is 0 Å². The number of hydrogen-bond acceptors (Lipinski definition) is 1. The predicted octanol–water partition coefficient (Wildman–Crippen LogP) is 6.14. The maximum absolute atomic E-state index is 6.70. The number of alkyl halides is 1. The highest BCUT2D eigenvalue weighted by atomic mass is 35.5. The van der Waals surface area contributed by atoms with Gasteiger partial charge in [0.25, 0.3) is 0 Å². The van der Waals surface area contributed by atoms with E-state index in [4.69, 9.17) is 16.3 Å². The van der Waals surface area contributed by atoms with Gasteiger partial charge in [0.15, 0.2) is 0 Å². The summed E-state index contributed by atoms with van der Waals surface area (Å²) in [6, 6.07) is 4.55. The molecule has 0 amide bonds. The molecule has 0 spiro atoms. The molecule has 1 aromatic carbocycles. The topological polar surface area (TPSA) is 9.23 Å². The van der Waals surface area contributed by atoms with Crippen LogP contribution in [0.1, 0.15) is 70.7 Å². The van der Waals surface area contributed by atoms with Gasteiger partial charge < -0.3 is 4.74 Å². The molecule has 0 bridgehead atoms. The Kier molecular flexibility index (Phi) is 8.10. The molecule has 0 heterocycles. The predicted molar refractivity (Wildman–Crippen MR) is 103 cm³/mol. The van der Waals surface area contributed by atoms with Crippen molar-refractivity contribution in [2.75, 3.05) is 13.2 Å². The lowest BCUT2D eigenvalue weighted by atomic mass is 9.83. The normalized spacial score (nSPS) is 12.4. The second kappa shape index (κ2) is 9.08. The highest BCUT2D eigenvalue weighted by Gasteiger charge is 2.24. The van der Waals surface area contributed by atoms with Crippen LogP contribution in [0.25, 0.3) is 0 Å². The second-order valence-electron chi connectivity index (χ2n) is 7.84. The highest BCUT2D eigenvalue weighted by molar-refractivity contribution is 6.23. The van der Waals surface area contributed by atoms with Crippen LogP contribution in [0.3, 0.4) is 0 Å². The molecule has 0 atom stereocenters. The molecule has 0 saturated carbocycles. The largest absolute Gasteiger partial charge is 0.381 e. The summed E-state index contributed by atoms with van der Waals surface area (Å²) in [6.45, 7) is 16.9. The van der Waals surface area contributed by atoms with Crippen LogP contribution in [0.2, 0.25) is 0 Å². The number of rotatable bonds is 9. The zero-order chi connectivity index (χ0) is 17.6. The Morgan fingerprint density at radius 3 is 2.09 bits per heavy atom. The van der Waals surface area contributed by atoms with Gasteiger partial charge in [0.2, 0.25) is 0 Å². The van der Waals surface area contributed by atoms with Crippen molar-refractivity contribution in [1.82, 2.24) is 0 Å². The summed E-state index contributed by atoms with van der Waals surface area (Å²) in [5.74, 6) is 1.30. The molecule has 0 saturated heterocycles. The van der Waals surface area contributed by atoms with Crippen LogP contribution in [-0.4, -0.2) is 13.2 Å². The smallest absolute Gasteiger partial charge is 0.0641 e. The van der Waals surface area contributed by atoms with E-state index in [1.807, 2.05) is 0 Å². The summed E-state index contributed by atoms with van der Waals surface area (Å²) < 4.78 is 5.64. The molecule has 23 heavy (non-hydrogen) atoms. The Hall–Kier alpha value is -0.530. The molecule has 0 aliphatic rings. The molecule has 0 unspecified atom stereocenters. The van der Waals surface area contributed by atoms with Crippen molar-refractivity contribution in [3.63, 3.8) is 0 Å². The van der Waals surface area contributed by atoms with Crippen LogP contribution >= 0.6 is 11.6 Å². The Morgan fingerprint density at radius 2 is 1.61 bits per heavy atom. The van der Waals surface area contributed by atoms with Crippen LogP contribution in [0.4, 0.5) is 0 Å². The van der Waals surface area contributed by atoms with Crippen molar-refractivity contribution in [3.05, 3.63) is 34.4 Å². The highest BCUT2D eigenvalue weighted by Crippen LogP contribution is 2.35. The fourth-order valence-corrected chi connectivity index (χ4v) is 3.37. The summed E-state index contributed by atoms with van der Waals surface area (Å²) in [5.41, 5.74) is 5.69. The summed E-state index contributed by atoms with van der Waals surface area (Å²) in [5, 5.41) is 0. The molecule has 132 valence electrons. The standard InChI is InChI=1S/C21H35ClO/c1-8-23-12-11-18-19(14-16(4)5)17(13-15(2)3)9-10-20(18)21(6,7)22/h9-10,15-16H,8,11-14H2,1-7H3. The minimum Gasteiger partial charge on any atom is -0.381 e. The van der Waals surface area contributed by atoms with Gasteiger partial charge in [-0.05, 0) is 74.1 Å². The first-order valence-corrected chi connectivity index (χ1v) is 9.45. The number of halogens is 1. The quantitative estimate of drug-likeness (QED) is 0.388. The Labute approximate surface area is 148 Å². The molecule has 1 aromatic rings. The third-order valence-electron chi connectivity index (χ3n) is 4.11. The Bertz CT molecular complexity index is 483. The molecule has 1 nitrogen and oxygen atoms in total. The van der Waals surface area contributed by atoms with E-state index in [2.05, 4.69) is 60.6 Å². The molecule has 0 N–H and O–H groups in total. The van der Waals surface area contributed by atoms with Crippen molar-refractivity contribution in [3.8, 4) is 0 Å². The number of ether oxygens (including phenoxy) is 1. The maximum Gasteiger partial charge on any atom is 0.0641 e. The molecule has 0 fully saturated rings. The maximum atomic E-state index is 6.70. The van der Waals surface area contributed by atoms with Gasteiger partial charge in [0.05, 0.1) is 11.5 Å². The summed E-state index contributed by atoms with van der Waals surface area (Å²) in [4.78, 5) is -0.344. The van der Waals surface area contributed by atoms with Crippen molar-refractivity contribution in [2.24, 2.45) is 11.8 Å². The lowest BCUT2D eigenvalue weighted by Crippen LogP contribution is -2.17. The number of benzene rings is 1. The lowest BCUT2D eigenvalue weighted by Gasteiger charge is -2.26. The van der Waals surface area contributed by atoms with E-state index >= 15 is 0 Å². The van der Waals surface area contributed by atoms with Gasteiger partial charge in [0.1, 0.15) is 0 Å². The third-order valence-corrected chi connectivity index (χ3v) is 4.31. The van der Waals surface area contributed by atoms with Crippen LogP contribution in [0, 0.1) is 11.8 Å². The molecule has 0 aliphatic carbocycles. The van der Waals surface area contributed by atoms with E-state index in [1.165, 1.54) is 22.3 Å². The van der Waals surface area contributed by atoms with Crippen LogP contribution in [0.15, 0.2) is 12.1 Å². The SMILES string of the molecule is CCOCCc1c(C(C)(C)Cl)ccc(CC(C)C)c1CC(C)C. The molecular weight excluding hydrogens is 304 g/mol. The van der Waals surface area contributed by atoms with Gasteiger partial charge >= 0.3 is 0 Å². The fraction of sp³-hybridized carbons (Fsp3) is 0.714. The second-order valence-corrected chi connectivity index (χ2v) is 8.79. The van der Waals surface area contributed by atoms with Crippen molar-refractivity contribution in [2.45, 2.75) is 72.6 Å². The van der Waals surface area contributed by atoms with Crippen LogP contribution in [-0.2, 0) is 28.9 Å². The Morgan fingerprint density at radius 1 is 1.00 bits per heavy atom. The number of hydrogen-bond donors (Lipinski definition) is 0. The molecule has 0 aromatic heterocycles. The van der Waals surface area contributed by atoms with E-state index in [-0.39, 0.29) is 4.87 Å². The summed E-state index contributed by atoms with van der Waals surface area (Å²) in [7, 11) is 0.